The van der Waals surface area contributed by atoms with E-state index < -0.39 is 14.2 Å². The van der Waals surface area contributed by atoms with E-state index in [0.717, 1.165) is 11.6 Å². The zero-order valence-electron chi connectivity index (χ0n) is 14.1. The molecule has 1 aliphatic heterocycles. The highest BCUT2D eigenvalue weighted by atomic mass is 28.3. The number of aliphatic hydroxyl groups is 1. The van der Waals surface area contributed by atoms with Crippen LogP contribution in [0.1, 0.15) is 11.7 Å². The van der Waals surface area contributed by atoms with Gasteiger partial charge in [-0.3, -0.25) is 0 Å². The van der Waals surface area contributed by atoms with E-state index in [0.29, 0.717) is 0 Å². The minimum Gasteiger partial charge on any atom is -0.388 e. The van der Waals surface area contributed by atoms with Crippen molar-refractivity contribution >= 4 is 18.4 Å². The molecule has 124 valence electrons. The molecule has 0 aliphatic carbocycles. The Morgan fingerprint density at radius 1 is 0.720 bits per heavy atom. The lowest BCUT2D eigenvalue weighted by Gasteiger charge is -2.37. The van der Waals surface area contributed by atoms with E-state index in [9.17, 15) is 5.11 Å². The molecule has 3 aromatic carbocycles. The maximum Gasteiger partial charge on any atom is 0.131 e. The Morgan fingerprint density at radius 3 is 1.72 bits per heavy atom. The van der Waals surface area contributed by atoms with Crippen molar-refractivity contribution < 1.29 is 5.11 Å². The average molecular weight is 343 g/mol. The van der Waals surface area contributed by atoms with Gasteiger partial charge in [-0.1, -0.05) is 114 Å². The molecular weight excluding hydrogens is 320 g/mol. The Bertz CT molecular complexity index is 804. The minimum absolute atomic E-state index is 0.139. The molecule has 1 nitrogen and oxygen atoms in total. The van der Waals surface area contributed by atoms with E-state index in [-0.39, 0.29) is 5.54 Å². The maximum absolute atomic E-state index is 11.3. The summed E-state index contributed by atoms with van der Waals surface area (Å²) in [6.45, 7) is 0. The van der Waals surface area contributed by atoms with Gasteiger partial charge in [-0.25, -0.2) is 0 Å². The van der Waals surface area contributed by atoms with Gasteiger partial charge in [0, 0.05) is 5.54 Å². The Labute approximate surface area is 150 Å². The van der Waals surface area contributed by atoms with Crippen molar-refractivity contribution in [3.05, 3.63) is 109 Å². The van der Waals surface area contributed by atoms with Gasteiger partial charge in [0.05, 0.1) is 6.10 Å². The van der Waals surface area contributed by atoms with Gasteiger partial charge in [0.25, 0.3) is 0 Å². The lowest BCUT2D eigenvalue weighted by atomic mass is 10.1. The van der Waals surface area contributed by atoms with Crippen molar-refractivity contribution in [2.75, 3.05) is 0 Å². The second-order valence-corrected chi connectivity index (χ2v) is 10.9. The molecule has 2 atom stereocenters. The van der Waals surface area contributed by atoms with Crippen molar-refractivity contribution in [3.63, 3.8) is 0 Å². The van der Waals surface area contributed by atoms with Gasteiger partial charge < -0.3 is 5.11 Å². The zero-order chi connectivity index (χ0) is 17.1. The number of rotatable bonds is 4. The van der Waals surface area contributed by atoms with Crippen molar-refractivity contribution in [3.8, 4) is 0 Å². The quantitative estimate of drug-likeness (QED) is 0.563. The van der Waals surface area contributed by atoms with Crippen LogP contribution in [0, 0.1) is 0 Å². The lowest BCUT2D eigenvalue weighted by molar-refractivity contribution is 0.180. The van der Waals surface area contributed by atoms with E-state index >= 15 is 0 Å². The molecule has 25 heavy (non-hydrogen) atoms. The number of allylic oxidation sites excluding steroid dienone is 1. The van der Waals surface area contributed by atoms with Crippen LogP contribution in [0.2, 0.25) is 11.6 Å². The van der Waals surface area contributed by atoms with E-state index in [1.165, 1.54) is 10.4 Å². The predicted molar refractivity (Wildman–Crippen MR) is 107 cm³/mol. The third kappa shape index (κ3) is 2.78. The summed E-state index contributed by atoms with van der Waals surface area (Å²) >= 11 is 0. The van der Waals surface area contributed by atoms with Gasteiger partial charge in [0.1, 0.15) is 8.07 Å². The average Bonchev–Trinajstić information content (AvgIpc) is 3.15. The molecule has 1 N–H and O–H groups in total. The smallest absolute Gasteiger partial charge is 0.131 e. The summed E-state index contributed by atoms with van der Waals surface area (Å²) in [5.41, 5.74) is 1.14. The molecule has 1 heterocycles. The molecule has 3 aromatic rings. The summed E-state index contributed by atoms with van der Waals surface area (Å²) in [6, 6.07) is 32.7. The monoisotopic (exact) mass is 342 g/mol. The van der Waals surface area contributed by atoms with Crippen LogP contribution in [0.3, 0.4) is 0 Å². The number of hydrogen-bond donors (Lipinski definition) is 1. The van der Waals surface area contributed by atoms with Gasteiger partial charge in [-0.15, -0.1) is 0 Å². The van der Waals surface area contributed by atoms with Gasteiger partial charge in [-0.2, -0.15) is 0 Å². The van der Waals surface area contributed by atoms with E-state index in [2.05, 4.69) is 72.8 Å². The van der Waals surface area contributed by atoms with E-state index in [1.807, 2.05) is 30.3 Å². The van der Waals surface area contributed by atoms with Crippen LogP contribution in [0.25, 0.3) is 0 Å². The van der Waals surface area contributed by atoms with Gasteiger partial charge in [0.15, 0.2) is 0 Å². The highest BCUT2D eigenvalue weighted by Gasteiger charge is 2.48. The summed E-state index contributed by atoms with van der Waals surface area (Å²) in [5.74, 6) is 0. The molecule has 0 amide bonds. The standard InChI is InChI=1S/C23H22OSi/c24-23(19-11-4-1-5-12-19)22-17-10-18-25(22,20-13-6-2-7-14-20)21-15-8-3-9-16-21/h1-17,22-24H,18H2/t22-,23+/m0/s1. The third-order valence-corrected chi connectivity index (χ3v) is 10.7. The van der Waals surface area contributed by atoms with Crippen LogP contribution in [0.5, 0.6) is 0 Å². The molecule has 0 fully saturated rings. The Kier molecular flexibility index (Phi) is 4.39. The van der Waals surface area contributed by atoms with Crippen LogP contribution in [-0.4, -0.2) is 13.2 Å². The molecule has 4 rings (SSSR count). The fraction of sp³-hybridized carbons (Fsp3) is 0.130. The molecule has 0 saturated carbocycles. The first-order valence-electron chi connectivity index (χ1n) is 8.83. The first-order valence-corrected chi connectivity index (χ1v) is 11.1. The highest BCUT2D eigenvalue weighted by Crippen LogP contribution is 2.42. The van der Waals surface area contributed by atoms with Crippen molar-refractivity contribution in [2.24, 2.45) is 0 Å². The van der Waals surface area contributed by atoms with Crippen molar-refractivity contribution in [1.82, 2.24) is 0 Å². The zero-order valence-corrected chi connectivity index (χ0v) is 15.1. The molecule has 0 saturated heterocycles. The van der Waals surface area contributed by atoms with Crippen LogP contribution >= 0.6 is 0 Å². The topological polar surface area (TPSA) is 20.2 Å². The van der Waals surface area contributed by atoms with Crippen molar-refractivity contribution in [2.45, 2.75) is 17.7 Å². The molecule has 0 radical (unpaired) electrons. The summed E-state index contributed by atoms with van der Waals surface area (Å²) < 4.78 is 0. The number of hydrogen-bond acceptors (Lipinski definition) is 1. The Morgan fingerprint density at radius 2 is 1.20 bits per heavy atom. The Hall–Kier alpha value is -2.42. The van der Waals surface area contributed by atoms with Gasteiger partial charge in [-0.05, 0) is 11.6 Å². The molecule has 0 unspecified atom stereocenters. The molecular formula is C23H22OSi. The highest BCUT2D eigenvalue weighted by molar-refractivity contribution is 7.04. The van der Waals surface area contributed by atoms with Crippen LogP contribution in [0.15, 0.2) is 103 Å². The van der Waals surface area contributed by atoms with Gasteiger partial charge in [0.2, 0.25) is 0 Å². The van der Waals surface area contributed by atoms with Crippen LogP contribution < -0.4 is 10.4 Å². The molecule has 0 bridgehead atoms. The fourth-order valence-electron chi connectivity index (χ4n) is 4.19. The summed E-state index contributed by atoms with van der Waals surface area (Å²) in [5, 5.41) is 14.1. The number of benzene rings is 3. The normalized spacial score (nSPS) is 19.6. The molecule has 0 aromatic heterocycles. The van der Waals surface area contributed by atoms with E-state index in [1.54, 1.807) is 0 Å². The van der Waals surface area contributed by atoms with Gasteiger partial charge >= 0.3 is 0 Å². The summed E-state index contributed by atoms with van der Waals surface area (Å²) in [6.07, 6.45) is 4.06. The third-order valence-electron chi connectivity index (χ3n) is 5.41. The molecule has 0 spiro atoms. The fourth-order valence-corrected chi connectivity index (χ4v) is 9.32. The van der Waals surface area contributed by atoms with Crippen LogP contribution in [-0.2, 0) is 0 Å². The minimum atomic E-state index is -2.12. The first-order chi connectivity index (χ1) is 12.3. The van der Waals surface area contributed by atoms with Crippen molar-refractivity contribution in [1.29, 1.82) is 0 Å². The summed E-state index contributed by atoms with van der Waals surface area (Å²) in [7, 11) is -2.12. The lowest BCUT2D eigenvalue weighted by Crippen LogP contribution is -2.60. The largest absolute Gasteiger partial charge is 0.388 e. The number of aliphatic hydroxyl groups excluding tert-OH is 1. The molecule has 1 aliphatic rings. The second kappa shape index (κ2) is 6.83. The summed E-state index contributed by atoms with van der Waals surface area (Å²) in [4.78, 5) is 0. The molecule has 2 heteroatoms. The first kappa shape index (κ1) is 16.1. The SMILES string of the molecule is O[C@H](c1ccccc1)[C@@H]1C=CC[Si]1(c1ccccc1)c1ccccc1. The predicted octanol–water partition coefficient (Wildman–Crippen LogP) is 3.92. The van der Waals surface area contributed by atoms with Crippen LogP contribution in [0.4, 0.5) is 0 Å². The maximum atomic E-state index is 11.3. The second-order valence-electron chi connectivity index (χ2n) is 6.72. The van der Waals surface area contributed by atoms with E-state index in [4.69, 9.17) is 0 Å². The Balaban J connectivity index is 1.86.